The minimum absolute atomic E-state index is 0.0783. The maximum atomic E-state index is 6.30. The van der Waals surface area contributed by atoms with E-state index >= 15 is 0 Å². The van der Waals surface area contributed by atoms with Crippen molar-refractivity contribution in [2.75, 3.05) is 7.11 Å². The fourth-order valence-corrected chi connectivity index (χ4v) is 36.7. The predicted octanol–water partition coefficient (Wildman–Crippen LogP) is 8.96. The van der Waals surface area contributed by atoms with Crippen LogP contribution < -0.4 is 9.92 Å². The van der Waals surface area contributed by atoms with Crippen molar-refractivity contribution in [3.8, 4) is 5.75 Å². The molecule has 0 radical (unpaired) electrons. The molecule has 0 bridgehead atoms. The molecular weight excluding hydrogens is 494 g/mol. The van der Waals surface area contributed by atoms with Gasteiger partial charge in [0, 0.05) is 0 Å². The third kappa shape index (κ3) is 7.07. The van der Waals surface area contributed by atoms with E-state index in [-0.39, 0.29) is 5.41 Å². The Morgan fingerprint density at radius 1 is 0.912 bits per heavy atom. The van der Waals surface area contributed by atoms with E-state index in [9.17, 15) is 0 Å². The molecule has 0 N–H and O–H groups in total. The van der Waals surface area contributed by atoms with Crippen molar-refractivity contribution in [1.82, 2.24) is 0 Å². The van der Waals surface area contributed by atoms with E-state index in [1.807, 2.05) is 15.6 Å². The van der Waals surface area contributed by atoms with Crippen molar-refractivity contribution in [2.24, 2.45) is 0 Å². The van der Waals surface area contributed by atoms with Gasteiger partial charge in [0.25, 0.3) is 0 Å². The zero-order chi connectivity index (χ0) is 26.1. The first-order valence-electron chi connectivity index (χ1n) is 13.6. The standard InChI is InChI=1S/C21H31OSi.2C4H11Si.Sc/c1-8-23(9-2,17-12-10-11-13-17)19-15-16(3)14-18(20(19)22-7)21(4,5)6;2*1-5(2,3)4;/h10-11,14-15H,8-9,12H2,1-7H3;2*1H2,2-4H3;. The van der Waals surface area contributed by atoms with Gasteiger partial charge >= 0.3 is 225 Å². The van der Waals surface area contributed by atoms with Crippen molar-refractivity contribution in [1.29, 1.82) is 0 Å². The summed E-state index contributed by atoms with van der Waals surface area (Å²) in [6.07, 6.45) is 6.38. The Labute approximate surface area is 223 Å². The number of aryl methyl sites for hydroxylation is 1. The van der Waals surface area contributed by atoms with E-state index in [4.69, 9.17) is 4.74 Å². The molecule has 1 aliphatic carbocycles. The van der Waals surface area contributed by atoms with Crippen LogP contribution in [0.15, 0.2) is 32.8 Å². The zero-order valence-electron chi connectivity index (χ0n) is 24.8. The van der Waals surface area contributed by atoms with Gasteiger partial charge in [0.05, 0.1) is 0 Å². The summed E-state index contributed by atoms with van der Waals surface area (Å²) in [5.41, 5.74) is 2.86. The normalized spacial score (nSPS) is 15.3. The van der Waals surface area contributed by atoms with Crippen LogP contribution in [0.4, 0.5) is 0 Å². The Morgan fingerprint density at radius 3 is 1.85 bits per heavy atom. The third-order valence-electron chi connectivity index (χ3n) is 7.67. The van der Waals surface area contributed by atoms with Crippen LogP contribution in [0.25, 0.3) is 0 Å². The summed E-state index contributed by atoms with van der Waals surface area (Å²) >= 11 is -1.63. The quantitative estimate of drug-likeness (QED) is 0.266. The van der Waals surface area contributed by atoms with Crippen LogP contribution in [0.5, 0.6) is 5.75 Å². The van der Waals surface area contributed by atoms with Crippen LogP contribution in [0, 0.1) is 6.92 Å². The molecule has 0 unspecified atom stereocenters. The summed E-state index contributed by atoms with van der Waals surface area (Å²) in [6, 6.07) is 7.46. The molecule has 1 nitrogen and oxygen atoms in total. The SMILES string of the molecule is CC[Si](CC)(C1=[C]([Sc]([CH2][Si](C)(C)C)[CH2][Si](C)(C)C)C=CC1)c1cc(C)cc(C(C)(C)C)c1OC. The summed E-state index contributed by atoms with van der Waals surface area (Å²) < 4.78 is 11.4. The van der Waals surface area contributed by atoms with Crippen molar-refractivity contribution in [3.05, 3.63) is 43.9 Å². The first-order valence-corrected chi connectivity index (χ1v) is 26.9. The summed E-state index contributed by atoms with van der Waals surface area (Å²) in [7, 11) is -2.21. The van der Waals surface area contributed by atoms with E-state index in [1.54, 1.807) is 12.8 Å². The minimum atomic E-state index is -1.90. The van der Waals surface area contributed by atoms with E-state index in [1.165, 1.54) is 35.4 Å². The van der Waals surface area contributed by atoms with Gasteiger partial charge in [-0.15, -0.1) is 0 Å². The second-order valence-corrected chi connectivity index (χ2v) is 37.0. The third-order valence-corrected chi connectivity index (χ3v) is 35.3. The molecule has 0 saturated carbocycles. The molecule has 0 spiro atoms. The number of ether oxygens (including phenoxy) is 1. The van der Waals surface area contributed by atoms with Gasteiger partial charge in [-0.05, 0) is 0 Å². The molecule has 0 saturated heterocycles. The van der Waals surface area contributed by atoms with Crippen LogP contribution >= 0.6 is 0 Å². The fraction of sp³-hybridized carbons (Fsp3) is 0.655. The number of methoxy groups -OCH3 is 1. The first-order chi connectivity index (χ1) is 15.5. The molecule has 5 heteroatoms. The number of hydrogen-bond donors (Lipinski definition) is 0. The van der Waals surface area contributed by atoms with Crippen molar-refractivity contribution >= 4 is 29.4 Å². The molecule has 1 aromatic rings. The number of allylic oxidation sites excluding steroid dienone is 4. The van der Waals surface area contributed by atoms with E-state index < -0.39 is 45.7 Å². The first kappa shape index (κ1) is 30.2. The fourth-order valence-electron chi connectivity index (χ4n) is 6.27. The van der Waals surface area contributed by atoms with E-state index in [2.05, 4.69) is 105 Å². The molecule has 0 amide bonds. The Morgan fingerprint density at radius 2 is 1.44 bits per heavy atom. The van der Waals surface area contributed by atoms with Crippen LogP contribution in [0.2, 0.25) is 59.0 Å². The van der Waals surface area contributed by atoms with Crippen LogP contribution in [0.3, 0.4) is 0 Å². The molecule has 0 atom stereocenters. The average Bonchev–Trinajstić information content (AvgIpc) is 3.16. The van der Waals surface area contributed by atoms with Gasteiger partial charge in [-0.3, -0.25) is 0 Å². The number of benzene rings is 1. The van der Waals surface area contributed by atoms with Crippen molar-refractivity contribution in [2.45, 2.75) is 112 Å². The van der Waals surface area contributed by atoms with Crippen molar-refractivity contribution < 1.29 is 26.2 Å². The number of rotatable bonds is 10. The van der Waals surface area contributed by atoms with Crippen LogP contribution in [-0.2, 0) is 26.9 Å². The van der Waals surface area contributed by atoms with Gasteiger partial charge in [0.15, 0.2) is 0 Å². The summed E-state index contributed by atoms with van der Waals surface area (Å²) in [5, 5.41) is 3.49. The summed E-state index contributed by atoms with van der Waals surface area (Å²) in [6.45, 7) is 29.9. The monoisotopic (exact) mass is 546 g/mol. The predicted molar refractivity (Wildman–Crippen MR) is 160 cm³/mol. The Hall–Kier alpha value is 0.0208. The Bertz CT molecular complexity index is 906. The molecule has 190 valence electrons. The zero-order valence-corrected chi connectivity index (χ0v) is 29.6. The summed E-state index contributed by atoms with van der Waals surface area (Å²) in [5.74, 6) is 1.20. The Balaban J connectivity index is 2.85. The van der Waals surface area contributed by atoms with Gasteiger partial charge in [-0.25, -0.2) is 0 Å². The molecule has 1 aliphatic rings. The van der Waals surface area contributed by atoms with E-state index in [0.717, 1.165) is 0 Å². The molecule has 0 aliphatic heterocycles. The molecular formula is C29H53OScSi3. The van der Waals surface area contributed by atoms with E-state index in [0.29, 0.717) is 0 Å². The molecule has 1 aromatic carbocycles. The van der Waals surface area contributed by atoms with Crippen LogP contribution in [-0.4, -0.2) is 31.3 Å². The van der Waals surface area contributed by atoms with Gasteiger partial charge in [-0.1, -0.05) is 0 Å². The van der Waals surface area contributed by atoms with Gasteiger partial charge in [0.2, 0.25) is 0 Å². The van der Waals surface area contributed by atoms with Gasteiger partial charge in [-0.2, -0.15) is 0 Å². The maximum absolute atomic E-state index is 6.30. The van der Waals surface area contributed by atoms with Gasteiger partial charge < -0.3 is 0 Å². The van der Waals surface area contributed by atoms with Crippen molar-refractivity contribution in [3.63, 3.8) is 0 Å². The molecule has 0 aromatic heterocycles. The second kappa shape index (κ2) is 11.2. The van der Waals surface area contributed by atoms with Crippen LogP contribution in [0.1, 0.15) is 52.2 Å². The second-order valence-electron chi connectivity index (χ2n) is 14.2. The average molecular weight is 547 g/mol. The molecule has 0 fully saturated rings. The summed E-state index contributed by atoms with van der Waals surface area (Å²) in [4.78, 5) is 0. The molecule has 2 rings (SSSR count). The number of hydrogen-bond acceptors (Lipinski definition) is 1. The molecule has 34 heavy (non-hydrogen) atoms. The topological polar surface area (TPSA) is 9.23 Å². The molecule has 0 heterocycles. The Kier molecular flexibility index (Phi) is 9.95. The van der Waals surface area contributed by atoms with Gasteiger partial charge in [0.1, 0.15) is 0 Å².